The maximum absolute atomic E-state index is 11.9. The molecule has 1 aliphatic rings. The van der Waals surface area contributed by atoms with Gasteiger partial charge in [0.15, 0.2) is 9.84 Å². The van der Waals surface area contributed by atoms with Gasteiger partial charge in [0, 0.05) is 12.6 Å². The Balaban J connectivity index is 1.82. The number of rotatable bonds is 5. The van der Waals surface area contributed by atoms with E-state index in [0.29, 0.717) is 18.5 Å². The number of hydrogen-bond acceptors (Lipinski definition) is 5. The predicted molar refractivity (Wildman–Crippen MR) is 82.7 cm³/mol. The Hall–Kier alpha value is -1.91. The van der Waals surface area contributed by atoms with Gasteiger partial charge in [-0.3, -0.25) is 9.69 Å². The first kappa shape index (κ1) is 16.5. The third-order valence-electron chi connectivity index (χ3n) is 3.52. The van der Waals surface area contributed by atoms with Gasteiger partial charge >= 0.3 is 0 Å². The van der Waals surface area contributed by atoms with Gasteiger partial charge in [0.05, 0.1) is 29.7 Å². The van der Waals surface area contributed by atoms with Crippen molar-refractivity contribution in [2.24, 2.45) is 0 Å². The number of nitrogens with one attached hydrogen (secondary N) is 1. The molecule has 7 heteroatoms. The molecule has 1 N–H and O–H groups in total. The molecule has 1 heterocycles. The second-order valence-corrected chi connectivity index (χ2v) is 7.88. The number of nitrogens with zero attached hydrogens (tertiary/aromatic N) is 2. The highest BCUT2D eigenvalue weighted by molar-refractivity contribution is 7.91. The number of sulfone groups is 1. The highest BCUT2D eigenvalue weighted by Crippen LogP contribution is 2.11. The van der Waals surface area contributed by atoms with Crippen molar-refractivity contribution in [3.63, 3.8) is 0 Å². The molecule has 1 saturated heterocycles. The highest BCUT2D eigenvalue weighted by atomic mass is 32.2. The van der Waals surface area contributed by atoms with Crippen LogP contribution in [0.15, 0.2) is 24.3 Å². The van der Waals surface area contributed by atoms with Crippen molar-refractivity contribution in [2.45, 2.75) is 19.0 Å². The number of hydrogen-bond donors (Lipinski definition) is 1. The van der Waals surface area contributed by atoms with Crippen LogP contribution in [0.2, 0.25) is 0 Å². The normalized spacial score (nSPS) is 19.8. The van der Waals surface area contributed by atoms with Gasteiger partial charge < -0.3 is 5.32 Å². The zero-order valence-electron chi connectivity index (χ0n) is 12.4. The summed E-state index contributed by atoms with van der Waals surface area (Å²) in [6.07, 6.45) is 0.488. The Kier molecular flexibility index (Phi) is 5.16. The Morgan fingerprint density at radius 2 is 2.27 bits per heavy atom. The fourth-order valence-corrected chi connectivity index (χ4v) is 4.21. The number of carbonyl (C=O) groups is 1. The number of benzene rings is 1. The number of likely N-dealkylation sites (N-methyl/N-ethyl adjacent to an activating group) is 1. The van der Waals surface area contributed by atoms with E-state index in [1.54, 1.807) is 12.1 Å². The van der Waals surface area contributed by atoms with Crippen molar-refractivity contribution in [3.8, 4) is 6.07 Å². The molecule has 1 aromatic rings. The largest absolute Gasteiger partial charge is 0.351 e. The lowest BCUT2D eigenvalue weighted by Gasteiger charge is -2.18. The van der Waals surface area contributed by atoms with Gasteiger partial charge in [0.25, 0.3) is 0 Å². The van der Waals surface area contributed by atoms with E-state index in [9.17, 15) is 13.2 Å². The quantitative estimate of drug-likeness (QED) is 0.842. The van der Waals surface area contributed by atoms with Crippen LogP contribution in [0.1, 0.15) is 17.5 Å². The Labute approximate surface area is 130 Å². The number of nitriles is 1. The summed E-state index contributed by atoms with van der Waals surface area (Å²) in [4.78, 5) is 13.8. The van der Waals surface area contributed by atoms with Crippen LogP contribution in [-0.4, -0.2) is 50.4 Å². The van der Waals surface area contributed by atoms with Gasteiger partial charge in [-0.1, -0.05) is 12.1 Å². The molecule has 22 heavy (non-hydrogen) atoms. The SMILES string of the molecule is CN(CC(=O)N[C@@H]1CCS(=O)(=O)C1)Cc1cccc(C#N)c1. The first-order valence-electron chi connectivity index (χ1n) is 7.05. The number of carbonyl (C=O) groups excluding carboxylic acids is 1. The standard InChI is InChI=1S/C15H19N3O3S/c1-18(9-13-4-2-3-12(7-13)8-16)10-15(19)17-14-5-6-22(20,21)11-14/h2-4,7,14H,5-6,9-11H2,1H3,(H,17,19)/t14-/m1/s1. The fraction of sp³-hybridized carbons (Fsp3) is 0.467. The second kappa shape index (κ2) is 6.90. The van der Waals surface area contributed by atoms with Crippen LogP contribution in [0, 0.1) is 11.3 Å². The Morgan fingerprint density at radius 3 is 2.91 bits per heavy atom. The molecule has 0 aromatic heterocycles. The van der Waals surface area contributed by atoms with E-state index in [2.05, 4.69) is 11.4 Å². The van der Waals surface area contributed by atoms with Gasteiger partial charge in [-0.05, 0) is 31.2 Å². The third kappa shape index (κ3) is 4.83. The molecule has 2 rings (SSSR count). The molecule has 0 unspecified atom stereocenters. The molecule has 1 amide bonds. The van der Waals surface area contributed by atoms with Crippen LogP contribution in [-0.2, 0) is 21.2 Å². The van der Waals surface area contributed by atoms with Crippen molar-refractivity contribution < 1.29 is 13.2 Å². The zero-order valence-corrected chi connectivity index (χ0v) is 13.3. The monoisotopic (exact) mass is 321 g/mol. The van der Waals surface area contributed by atoms with E-state index >= 15 is 0 Å². The minimum atomic E-state index is -2.98. The summed E-state index contributed by atoms with van der Waals surface area (Å²) in [5.74, 6) is 0.00236. The molecule has 1 fully saturated rings. The minimum Gasteiger partial charge on any atom is -0.351 e. The van der Waals surface area contributed by atoms with Gasteiger partial charge in [0.2, 0.25) is 5.91 Å². The molecule has 0 aliphatic carbocycles. The summed E-state index contributed by atoms with van der Waals surface area (Å²) < 4.78 is 22.7. The maximum atomic E-state index is 11.9. The first-order chi connectivity index (χ1) is 10.4. The van der Waals surface area contributed by atoms with Crippen LogP contribution in [0.3, 0.4) is 0 Å². The fourth-order valence-electron chi connectivity index (χ4n) is 2.53. The van der Waals surface area contributed by atoms with E-state index in [4.69, 9.17) is 5.26 Å². The first-order valence-corrected chi connectivity index (χ1v) is 8.87. The van der Waals surface area contributed by atoms with Gasteiger partial charge in [-0.25, -0.2) is 8.42 Å². The van der Waals surface area contributed by atoms with Crippen molar-refractivity contribution in [1.82, 2.24) is 10.2 Å². The third-order valence-corrected chi connectivity index (χ3v) is 5.29. The highest BCUT2D eigenvalue weighted by Gasteiger charge is 2.28. The molecule has 0 spiro atoms. The summed E-state index contributed by atoms with van der Waals surface area (Å²) in [5.41, 5.74) is 1.55. The topological polar surface area (TPSA) is 90.3 Å². The van der Waals surface area contributed by atoms with Crippen molar-refractivity contribution in [3.05, 3.63) is 35.4 Å². The lowest BCUT2D eigenvalue weighted by atomic mass is 10.1. The zero-order chi connectivity index (χ0) is 16.2. The molecule has 6 nitrogen and oxygen atoms in total. The maximum Gasteiger partial charge on any atom is 0.234 e. The molecule has 1 aromatic carbocycles. The Bertz CT molecular complexity index is 694. The van der Waals surface area contributed by atoms with Gasteiger partial charge in [0.1, 0.15) is 0 Å². The molecule has 0 saturated carbocycles. The van der Waals surface area contributed by atoms with E-state index in [0.717, 1.165) is 5.56 Å². The van der Waals surface area contributed by atoms with E-state index in [-0.39, 0.29) is 30.0 Å². The average Bonchev–Trinajstić information content (AvgIpc) is 2.77. The molecule has 118 valence electrons. The van der Waals surface area contributed by atoms with Crippen LogP contribution >= 0.6 is 0 Å². The molecule has 0 bridgehead atoms. The molecule has 0 radical (unpaired) electrons. The summed E-state index contributed by atoms with van der Waals surface area (Å²) >= 11 is 0. The average molecular weight is 321 g/mol. The van der Waals surface area contributed by atoms with Crippen LogP contribution in [0.5, 0.6) is 0 Å². The summed E-state index contributed by atoms with van der Waals surface area (Å²) in [7, 11) is -1.18. The van der Waals surface area contributed by atoms with Crippen LogP contribution in [0.25, 0.3) is 0 Å². The lowest BCUT2D eigenvalue weighted by molar-refractivity contribution is -0.122. The van der Waals surface area contributed by atoms with Crippen molar-refractivity contribution in [2.75, 3.05) is 25.1 Å². The summed E-state index contributed by atoms with van der Waals surface area (Å²) in [5, 5.41) is 11.6. The van der Waals surface area contributed by atoms with Crippen molar-refractivity contribution in [1.29, 1.82) is 5.26 Å². The molecule has 1 aliphatic heterocycles. The second-order valence-electron chi connectivity index (χ2n) is 5.65. The smallest absolute Gasteiger partial charge is 0.234 e. The lowest BCUT2D eigenvalue weighted by Crippen LogP contribution is -2.41. The van der Waals surface area contributed by atoms with E-state index in [1.165, 1.54) is 0 Å². The predicted octanol–water partition coefficient (Wildman–Crippen LogP) is 0.293. The van der Waals surface area contributed by atoms with Gasteiger partial charge in [-0.15, -0.1) is 0 Å². The summed E-state index contributed by atoms with van der Waals surface area (Å²) in [6, 6.07) is 9.05. The van der Waals surface area contributed by atoms with Crippen LogP contribution < -0.4 is 5.32 Å². The van der Waals surface area contributed by atoms with E-state index in [1.807, 2.05) is 24.1 Å². The molecular formula is C15H19N3O3S. The van der Waals surface area contributed by atoms with Crippen LogP contribution in [0.4, 0.5) is 0 Å². The van der Waals surface area contributed by atoms with Crippen molar-refractivity contribution >= 4 is 15.7 Å². The Morgan fingerprint density at radius 1 is 1.50 bits per heavy atom. The summed E-state index contributed by atoms with van der Waals surface area (Å²) in [6.45, 7) is 0.735. The van der Waals surface area contributed by atoms with E-state index < -0.39 is 9.84 Å². The molecular weight excluding hydrogens is 302 g/mol. The number of amides is 1. The van der Waals surface area contributed by atoms with Gasteiger partial charge in [-0.2, -0.15) is 5.26 Å². The molecule has 1 atom stereocenters. The minimum absolute atomic E-state index is 0.0344.